The molecule has 2 rings (SSSR count). The van der Waals surface area contributed by atoms with Crippen LogP contribution in [0.25, 0.3) is 0 Å². The number of hydrogen-bond donors (Lipinski definition) is 2. The lowest BCUT2D eigenvalue weighted by atomic mass is 10.1. The summed E-state index contributed by atoms with van der Waals surface area (Å²) in [5.74, 6) is -0.877. The van der Waals surface area contributed by atoms with Gasteiger partial charge in [0.05, 0.1) is 19.3 Å². The molecule has 1 fully saturated rings. The highest BCUT2D eigenvalue weighted by Crippen LogP contribution is 2.56. The summed E-state index contributed by atoms with van der Waals surface area (Å²) in [5.41, 5.74) is -0.475. The quantitative estimate of drug-likeness (QED) is 0.806. The van der Waals surface area contributed by atoms with E-state index in [1.807, 2.05) is 13.8 Å². The van der Waals surface area contributed by atoms with Gasteiger partial charge < -0.3 is 20.1 Å². The summed E-state index contributed by atoms with van der Waals surface area (Å²) in [7, 11) is 1.30. The zero-order valence-corrected chi connectivity index (χ0v) is 14.3. The van der Waals surface area contributed by atoms with Gasteiger partial charge in [0.15, 0.2) is 0 Å². The van der Waals surface area contributed by atoms with Crippen molar-refractivity contribution in [3.05, 3.63) is 29.8 Å². The fourth-order valence-corrected chi connectivity index (χ4v) is 2.65. The van der Waals surface area contributed by atoms with Gasteiger partial charge in [-0.1, -0.05) is 13.8 Å². The number of esters is 2. The molecule has 1 aromatic carbocycles. The molecule has 1 aromatic rings. The van der Waals surface area contributed by atoms with E-state index >= 15 is 0 Å². The lowest BCUT2D eigenvalue weighted by Crippen LogP contribution is -2.49. The maximum absolute atomic E-state index is 12.2. The lowest BCUT2D eigenvalue weighted by molar-refractivity contribution is -0.147. The monoisotopic (exact) mass is 334 g/mol. The van der Waals surface area contributed by atoms with E-state index in [-0.39, 0.29) is 12.0 Å². The smallest absolute Gasteiger partial charge is 0.337 e. The number of urea groups is 1. The van der Waals surface area contributed by atoms with E-state index in [1.54, 1.807) is 31.2 Å². The van der Waals surface area contributed by atoms with Crippen molar-refractivity contribution in [1.29, 1.82) is 0 Å². The second kappa shape index (κ2) is 6.51. The molecule has 1 aliphatic carbocycles. The third-order valence-electron chi connectivity index (χ3n) is 4.25. The van der Waals surface area contributed by atoms with Crippen LogP contribution in [0.15, 0.2) is 24.3 Å². The molecular formula is C17H22N2O5. The Morgan fingerprint density at radius 3 is 2.21 bits per heavy atom. The zero-order valence-electron chi connectivity index (χ0n) is 14.3. The van der Waals surface area contributed by atoms with Gasteiger partial charge in [0, 0.05) is 11.1 Å². The summed E-state index contributed by atoms with van der Waals surface area (Å²) in [4.78, 5) is 35.8. The minimum Gasteiger partial charge on any atom is -0.465 e. The van der Waals surface area contributed by atoms with Crippen LogP contribution in [-0.4, -0.2) is 37.2 Å². The number of carbonyl (C=O) groups is 3. The van der Waals surface area contributed by atoms with Crippen molar-refractivity contribution >= 4 is 23.7 Å². The number of methoxy groups -OCH3 is 1. The Kier molecular flexibility index (Phi) is 4.82. The van der Waals surface area contributed by atoms with E-state index in [4.69, 9.17) is 4.74 Å². The van der Waals surface area contributed by atoms with E-state index in [9.17, 15) is 14.4 Å². The molecule has 24 heavy (non-hydrogen) atoms. The minimum absolute atomic E-state index is 0.259. The van der Waals surface area contributed by atoms with Crippen molar-refractivity contribution in [2.24, 2.45) is 5.41 Å². The second-order valence-corrected chi connectivity index (χ2v) is 6.33. The average molecular weight is 334 g/mol. The van der Waals surface area contributed by atoms with Gasteiger partial charge >= 0.3 is 18.0 Å². The Balaban J connectivity index is 2.02. The Morgan fingerprint density at radius 2 is 1.75 bits per heavy atom. The molecule has 1 atom stereocenters. The third kappa shape index (κ3) is 3.34. The Labute approximate surface area is 140 Å². The van der Waals surface area contributed by atoms with Crippen LogP contribution in [-0.2, 0) is 14.3 Å². The van der Waals surface area contributed by atoms with E-state index in [2.05, 4.69) is 15.4 Å². The first kappa shape index (κ1) is 17.8. The highest BCUT2D eigenvalue weighted by molar-refractivity contribution is 5.97. The van der Waals surface area contributed by atoms with Crippen LogP contribution in [0.4, 0.5) is 10.5 Å². The predicted molar refractivity (Wildman–Crippen MR) is 87.7 cm³/mol. The molecule has 2 amide bonds. The summed E-state index contributed by atoms with van der Waals surface area (Å²) < 4.78 is 9.69. The first-order valence-electron chi connectivity index (χ1n) is 7.70. The number of amides is 2. The van der Waals surface area contributed by atoms with Crippen molar-refractivity contribution in [1.82, 2.24) is 5.32 Å². The van der Waals surface area contributed by atoms with Gasteiger partial charge in [0.25, 0.3) is 0 Å². The molecule has 0 heterocycles. The van der Waals surface area contributed by atoms with Gasteiger partial charge in [-0.05, 0) is 37.6 Å². The molecule has 0 saturated heterocycles. The number of rotatable bonds is 5. The standard InChI is InChI=1S/C17H22N2O5/c1-5-24-14(21)17(10-16(17,2)3)19-15(22)18-12-8-6-11(7-9-12)13(20)23-4/h6-9H,5,10H2,1-4H3,(H2,18,19,22). The lowest BCUT2D eigenvalue weighted by Gasteiger charge is -2.20. The summed E-state index contributed by atoms with van der Waals surface area (Å²) in [5, 5.41) is 5.37. The predicted octanol–water partition coefficient (Wildman–Crippen LogP) is 2.33. The van der Waals surface area contributed by atoms with Gasteiger partial charge in [0.1, 0.15) is 5.54 Å². The number of benzene rings is 1. The van der Waals surface area contributed by atoms with Crippen molar-refractivity contribution in [3.63, 3.8) is 0 Å². The fourth-order valence-electron chi connectivity index (χ4n) is 2.65. The Morgan fingerprint density at radius 1 is 1.17 bits per heavy atom. The van der Waals surface area contributed by atoms with Gasteiger partial charge in [-0.2, -0.15) is 0 Å². The molecule has 2 N–H and O–H groups in total. The second-order valence-electron chi connectivity index (χ2n) is 6.33. The molecule has 1 saturated carbocycles. The van der Waals surface area contributed by atoms with Crippen molar-refractivity contribution in [3.8, 4) is 0 Å². The first-order chi connectivity index (χ1) is 11.3. The Bertz CT molecular complexity index is 653. The molecular weight excluding hydrogens is 312 g/mol. The van der Waals surface area contributed by atoms with Crippen LogP contribution < -0.4 is 10.6 Å². The maximum Gasteiger partial charge on any atom is 0.337 e. The van der Waals surface area contributed by atoms with Crippen LogP contribution >= 0.6 is 0 Å². The van der Waals surface area contributed by atoms with Crippen LogP contribution in [0.3, 0.4) is 0 Å². The molecule has 0 aliphatic heterocycles. The first-order valence-corrected chi connectivity index (χ1v) is 7.70. The highest BCUT2D eigenvalue weighted by Gasteiger charge is 2.68. The van der Waals surface area contributed by atoms with Crippen molar-refractivity contribution in [2.75, 3.05) is 19.0 Å². The van der Waals surface area contributed by atoms with E-state index < -0.39 is 23.5 Å². The molecule has 0 radical (unpaired) electrons. The van der Waals surface area contributed by atoms with E-state index in [1.165, 1.54) is 7.11 Å². The number of hydrogen-bond acceptors (Lipinski definition) is 5. The number of nitrogens with one attached hydrogen (secondary N) is 2. The molecule has 7 nitrogen and oxygen atoms in total. The molecule has 1 aliphatic rings. The van der Waals surface area contributed by atoms with Crippen LogP contribution in [0.5, 0.6) is 0 Å². The maximum atomic E-state index is 12.2. The zero-order chi connectivity index (χ0) is 18.0. The van der Waals surface area contributed by atoms with Gasteiger partial charge in [-0.15, -0.1) is 0 Å². The van der Waals surface area contributed by atoms with Crippen LogP contribution in [0.2, 0.25) is 0 Å². The summed E-state index contributed by atoms with van der Waals surface area (Å²) in [6.45, 7) is 5.78. The Hall–Kier alpha value is -2.57. The number of carbonyl (C=O) groups excluding carboxylic acids is 3. The topological polar surface area (TPSA) is 93.7 Å². The van der Waals surface area contributed by atoms with Crippen LogP contribution in [0, 0.1) is 5.41 Å². The van der Waals surface area contributed by atoms with E-state index in [0.29, 0.717) is 17.7 Å². The number of ether oxygens (including phenoxy) is 2. The third-order valence-corrected chi connectivity index (χ3v) is 4.25. The van der Waals surface area contributed by atoms with Crippen LogP contribution in [0.1, 0.15) is 37.6 Å². The van der Waals surface area contributed by atoms with Crippen molar-refractivity contribution in [2.45, 2.75) is 32.7 Å². The molecule has 0 spiro atoms. The number of anilines is 1. The summed E-state index contributed by atoms with van der Waals surface area (Å²) in [6, 6.07) is 5.76. The van der Waals surface area contributed by atoms with Gasteiger partial charge in [-0.25, -0.2) is 14.4 Å². The normalized spacial score (nSPS) is 20.7. The largest absolute Gasteiger partial charge is 0.465 e. The van der Waals surface area contributed by atoms with Crippen molar-refractivity contribution < 1.29 is 23.9 Å². The molecule has 0 bridgehead atoms. The molecule has 130 valence electrons. The summed E-state index contributed by atoms with van der Waals surface area (Å²) >= 11 is 0. The SMILES string of the molecule is CCOC(=O)C1(NC(=O)Nc2ccc(C(=O)OC)cc2)CC1(C)C. The molecule has 0 aromatic heterocycles. The van der Waals surface area contributed by atoms with Gasteiger partial charge in [0.2, 0.25) is 0 Å². The average Bonchev–Trinajstić information content (AvgIpc) is 3.09. The molecule has 1 unspecified atom stereocenters. The summed E-state index contributed by atoms with van der Waals surface area (Å²) in [6.07, 6.45) is 0.521. The highest BCUT2D eigenvalue weighted by atomic mass is 16.5. The minimum atomic E-state index is -1.00. The molecule has 7 heteroatoms. The van der Waals surface area contributed by atoms with E-state index in [0.717, 1.165) is 0 Å². The van der Waals surface area contributed by atoms with Gasteiger partial charge in [-0.3, -0.25) is 0 Å². The fraction of sp³-hybridized carbons (Fsp3) is 0.471.